The number of likely N-dealkylation sites (N-methyl/N-ethyl adjacent to an activating group) is 1. The van der Waals surface area contributed by atoms with Gasteiger partial charge >= 0.3 is 0 Å². The smallest absolute Gasteiger partial charge is 0.0271 e. The minimum absolute atomic E-state index is 0.498. The molecule has 72 valence electrons. The molecule has 0 aliphatic heterocycles. The predicted octanol–water partition coefficient (Wildman–Crippen LogP) is 0.779. The summed E-state index contributed by atoms with van der Waals surface area (Å²) in [6.45, 7) is 4.06. The number of pyridine rings is 1. The van der Waals surface area contributed by atoms with E-state index in [1.54, 1.807) is 0 Å². The Labute approximate surface area is 79.6 Å². The van der Waals surface area contributed by atoms with Crippen LogP contribution in [0.2, 0.25) is 0 Å². The molecule has 0 spiro atoms. The van der Waals surface area contributed by atoms with Crippen molar-refractivity contribution in [3.8, 4) is 0 Å². The molecule has 0 bridgehead atoms. The van der Waals surface area contributed by atoms with Gasteiger partial charge in [0.2, 0.25) is 0 Å². The van der Waals surface area contributed by atoms with Gasteiger partial charge in [0.05, 0.1) is 0 Å². The van der Waals surface area contributed by atoms with Crippen LogP contribution in [0.25, 0.3) is 0 Å². The summed E-state index contributed by atoms with van der Waals surface area (Å²) in [5.41, 5.74) is 1.28. The zero-order valence-corrected chi connectivity index (χ0v) is 8.25. The molecule has 2 N–H and O–H groups in total. The fraction of sp³-hybridized carbons (Fsp3) is 0.500. The lowest BCUT2D eigenvalue weighted by Crippen LogP contribution is -2.34. The van der Waals surface area contributed by atoms with Gasteiger partial charge in [-0.15, -0.1) is 0 Å². The van der Waals surface area contributed by atoms with E-state index < -0.39 is 0 Å². The summed E-state index contributed by atoms with van der Waals surface area (Å²) < 4.78 is 0. The average Bonchev–Trinajstić information content (AvgIpc) is 2.17. The Morgan fingerprint density at radius 3 is 2.69 bits per heavy atom. The summed E-state index contributed by atoms with van der Waals surface area (Å²) in [7, 11) is 1.96. The molecule has 1 heterocycles. The molecule has 0 amide bonds. The van der Waals surface area contributed by atoms with E-state index in [1.807, 2.05) is 31.6 Å². The average molecular weight is 179 g/mol. The van der Waals surface area contributed by atoms with Gasteiger partial charge in [-0.25, -0.2) is 0 Å². The molecule has 3 heteroatoms. The van der Waals surface area contributed by atoms with E-state index in [4.69, 9.17) is 0 Å². The van der Waals surface area contributed by atoms with E-state index in [1.165, 1.54) is 5.56 Å². The third kappa shape index (κ3) is 4.01. The highest BCUT2D eigenvalue weighted by atomic mass is 15.0. The quantitative estimate of drug-likeness (QED) is 0.701. The number of aromatic nitrogens is 1. The van der Waals surface area contributed by atoms with Gasteiger partial charge in [0.1, 0.15) is 0 Å². The maximum atomic E-state index is 3.97. The van der Waals surface area contributed by atoms with Crippen LogP contribution in [0.4, 0.5) is 0 Å². The summed E-state index contributed by atoms with van der Waals surface area (Å²) in [6, 6.07) is 4.55. The molecule has 0 radical (unpaired) electrons. The van der Waals surface area contributed by atoms with Crippen molar-refractivity contribution in [1.82, 2.24) is 15.6 Å². The predicted molar refractivity (Wildman–Crippen MR) is 54.5 cm³/mol. The summed E-state index contributed by atoms with van der Waals surface area (Å²) in [6.07, 6.45) is 3.64. The van der Waals surface area contributed by atoms with Crippen LogP contribution in [0.15, 0.2) is 24.5 Å². The second-order valence-electron chi connectivity index (χ2n) is 3.20. The highest BCUT2D eigenvalue weighted by molar-refractivity contribution is 5.09. The van der Waals surface area contributed by atoms with Crippen molar-refractivity contribution >= 4 is 0 Å². The molecule has 1 aromatic heterocycles. The molecule has 3 nitrogen and oxygen atoms in total. The number of rotatable bonds is 5. The van der Waals surface area contributed by atoms with Crippen LogP contribution < -0.4 is 10.6 Å². The first-order chi connectivity index (χ1) is 6.33. The van der Waals surface area contributed by atoms with Gasteiger partial charge in [-0.3, -0.25) is 4.98 Å². The number of nitrogens with one attached hydrogen (secondary N) is 2. The van der Waals surface area contributed by atoms with Gasteiger partial charge in [0.25, 0.3) is 0 Å². The van der Waals surface area contributed by atoms with Crippen molar-refractivity contribution in [3.05, 3.63) is 30.1 Å². The third-order valence-corrected chi connectivity index (χ3v) is 1.91. The molecular formula is C10H17N3. The minimum Gasteiger partial charge on any atom is -0.318 e. The van der Waals surface area contributed by atoms with Gasteiger partial charge in [0, 0.05) is 31.5 Å². The number of hydrogen-bond acceptors (Lipinski definition) is 3. The first kappa shape index (κ1) is 10.2. The normalized spacial score (nSPS) is 12.8. The largest absolute Gasteiger partial charge is 0.318 e. The van der Waals surface area contributed by atoms with Crippen molar-refractivity contribution in [2.45, 2.75) is 19.5 Å². The first-order valence-electron chi connectivity index (χ1n) is 4.60. The molecule has 0 saturated heterocycles. The van der Waals surface area contributed by atoms with E-state index in [9.17, 15) is 0 Å². The van der Waals surface area contributed by atoms with Gasteiger partial charge in [-0.2, -0.15) is 0 Å². The van der Waals surface area contributed by atoms with Gasteiger partial charge in [-0.05, 0) is 31.7 Å². The highest BCUT2D eigenvalue weighted by Gasteiger charge is 1.98. The van der Waals surface area contributed by atoms with E-state index in [0.717, 1.165) is 13.1 Å². The van der Waals surface area contributed by atoms with E-state index in [-0.39, 0.29) is 0 Å². The van der Waals surface area contributed by atoms with E-state index in [2.05, 4.69) is 22.5 Å². The Hall–Kier alpha value is -0.930. The molecule has 0 aliphatic carbocycles. The number of hydrogen-bond donors (Lipinski definition) is 2. The van der Waals surface area contributed by atoms with Crippen LogP contribution in [-0.4, -0.2) is 24.6 Å². The Morgan fingerprint density at radius 1 is 1.38 bits per heavy atom. The van der Waals surface area contributed by atoms with Gasteiger partial charge < -0.3 is 10.6 Å². The summed E-state index contributed by atoms with van der Waals surface area (Å²) in [5.74, 6) is 0. The maximum absolute atomic E-state index is 3.97. The zero-order valence-electron chi connectivity index (χ0n) is 8.25. The third-order valence-electron chi connectivity index (χ3n) is 1.91. The first-order valence-corrected chi connectivity index (χ1v) is 4.60. The molecule has 13 heavy (non-hydrogen) atoms. The molecule has 0 saturated carbocycles. The molecule has 0 aliphatic rings. The monoisotopic (exact) mass is 179 g/mol. The van der Waals surface area contributed by atoms with Gasteiger partial charge in [0.15, 0.2) is 0 Å². The van der Waals surface area contributed by atoms with Crippen LogP contribution in [-0.2, 0) is 6.54 Å². The van der Waals surface area contributed by atoms with Crippen molar-refractivity contribution in [3.63, 3.8) is 0 Å². The summed E-state index contributed by atoms with van der Waals surface area (Å²) in [5, 5.41) is 6.54. The minimum atomic E-state index is 0.498. The maximum Gasteiger partial charge on any atom is 0.0271 e. The molecule has 1 atom stereocenters. The Kier molecular flexibility index (Phi) is 4.43. The highest BCUT2D eigenvalue weighted by Crippen LogP contribution is 1.95. The van der Waals surface area contributed by atoms with Crippen molar-refractivity contribution in [2.75, 3.05) is 13.6 Å². The van der Waals surface area contributed by atoms with Crippen LogP contribution in [0.5, 0.6) is 0 Å². The van der Waals surface area contributed by atoms with Gasteiger partial charge in [-0.1, -0.05) is 0 Å². The fourth-order valence-corrected chi connectivity index (χ4v) is 1.17. The lowest BCUT2D eigenvalue weighted by molar-refractivity contribution is 0.523. The lowest BCUT2D eigenvalue weighted by atomic mass is 10.2. The summed E-state index contributed by atoms with van der Waals surface area (Å²) in [4.78, 5) is 3.97. The SMILES string of the molecule is CNCC(C)NCc1ccncc1. The number of nitrogens with zero attached hydrogens (tertiary/aromatic N) is 1. The zero-order chi connectivity index (χ0) is 9.52. The van der Waals surface area contributed by atoms with Crippen molar-refractivity contribution in [2.24, 2.45) is 0 Å². The van der Waals surface area contributed by atoms with E-state index in [0.29, 0.717) is 6.04 Å². The second-order valence-corrected chi connectivity index (χ2v) is 3.20. The second kappa shape index (κ2) is 5.67. The molecular weight excluding hydrogens is 162 g/mol. The summed E-state index contributed by atoms with van der Waals surface area (Å²) >= 11 is 0. The van der Waals surface area contributed by atoms with E-state index >= 15 is 0 Å². The molecule has 1 aromatic rings. The fourth-order valence-electron chi connectivity index (χ4n) is 1.17. The Balaban J connectivity index is 2.27. The Bertz CT molecular complexity index is 223. The molecule has 0 aromatic carbocycles. The molecule has 1 unspecified atom stereocenters. The standard InChI is InChI=1S/C10H17N3/c1-9(7-11-2)13-8-10-3-5-12-6-4-10/h3-6,9,11,13H,7-8H2,1-2H3. The molecule has 1 rings (SSSR count). The van der Waals surface area contributed by atoms with Crippen LogP contribution in [0.1, 0.15) is 12.5 Å². The van der Waals surface area contributed by atoms with Crippen molar-refractivity contribution < 1.29 is 0 Å². The van der Waals surface area contributed by atoms with Crippen LogP contribution >= 0.6 is 0 Å². The van der Waals surface area contributed by atoms with Crippen LogP contribution in [0.3, 0.4) is 0 Å². The molecule has 0 fully saturated rings. The van der Waals surface area contributed by atoms with Crippen molar-refractivity contribution in [1.29, 1.82) is 0 Å². The van der Waals surface area contributed by atoms with Crippen LogP contribution in [0, 0.1) is 0 Å². The topological polar surface area (TPSA) is 37.0 Å². The Morgan fingerprint density at radius 2 is 2.08 bits per heavy atom. The lowest BCUT2D eigenvalue weighted by Gasteiger charge is -2.12.